The van der Waals surface area contributed by atoms with Crippen LogP contribution in [0, 0.1) is 0 Å². The zero-order chi connectivity index (χ0) is 24.3. The van der Waals surface area contributed by atoms with E-state index in [1.807, 2.05) is 66.7 Å². The number of para-hydroxylation sites is 1. The molecule has 6 nitrogen and oxygen atoms in total. The molecular formula is C27H29NO5Si. The normalized spacial score (nSPS) is 17.1. The molecule has 1 heterocycles. The van der Waals surface area contributed by atoms with Gasteiger partial charge in [0, 0.05) is 5.54 Å². The van der Waals surface area contributed by atoms with Gasteiger partial charge in [0.2, 0.25) is 0 Å². The SMILES string of the molecule is COC(=O)[C@H]1[C@H]([Si](C)(C)c2ccc(OC)cc2)c2ccccc2N1C(=O)OCc1ccccc1. The molecule has 2 atom stereocenters. The fourth-order valence-corrected chi connectivity index (χ4v) is 8.27. The number of nitrogens with zero attached hydrogens (tertiary/aromatic N) is 1. The van der Waals surface area contributed by atoms with Crippen molar-refractivity contribution >= 4 is 31.0 Å². The average Bonchev–Trinajstić information content (AvgIpc) is 3.23. The molecule has 1 aliphatic rings. The Morgan fingerprint density at radius 3 is 2.18 bits per heavy atom. The summed E-state index contributed by atoms with van der Waals surface area (Å²) in [5.41, 5.74) is 2.31. The molecule has 0 radical (unpaired) electrons. The zero-order valence-corrected chi connectivity index (χ0v) is 20.9. The molecule has 0 saturated heterocycles. The van der Waals surface area contributed by atoms with Gasteiger partial charge in [-0.15, -0.1) is 0 Å². The van der Waals surface area contributed by atoms with Crippen LogP contribution in [0.5, 0.6) is 5.75 Å². The minimum atomic E-state index is -2.36. The van der Waals surface area contributed by atoms with Crippen molar-refractivity contribution in [2.75, 3.05) is 19.1 Å². The van der Waals surface area contributed by atoms with Crippen molar-refractivity contribution in [1.82, 2.24) is 0 Å². The molecule has 0 saturated carbocycles. The monoisotopic (exact) mass is 475 g/mol. The molecule has 4 rings (SSSR count). The molecule has 0 spiro atoms. The van der Waals surface area contributed by atoms with E-state index >= 15 is 0 Å². The van der Waals surface area contributed by atoms with Crippen molar-refractivity contribution in [2.45, 2.75) is 31.3 Å². The number of hydrogen-bond acceptors (Lipinski definition) is 5. The quantitative estimate of drug-likeness (QED) is 0.384. The van der Waals surface area contributed by atoms with Crippen LogP contribution in [0.4, 0.5) is 10.5 Å². The van der Waals surface area contributed by atoms with E-state index in [9.17, 15) is 9.59 Å². The van der Waals surface area contributed by atoms with Crippen LogP contribution in [-0.4, -0.2) is 40.4 Å². The first-order chi connectivity index (χ1) is 16.4. The highest BCUT2D eigenvalue weighted by Crippen LogP contribution is 2.46. The topological polar surface area (TPSA) is 65.1 Å². The molecule has 0 fully saturated rings. The maximum absolute atomic E-state index is 13.4. The van der Waals surface area contributed by atoms with Crippen LogP contribution in [0.2, 0.25) is 13.1 Å². The molecule has 0 aliphatic carbocycles. The summed E-state index contributed by atoms with van der Waals surface area (Å²) >= 11 is 0. The number of ether oxygens (including phenoxy) is 3. The Balaban J connectivity index is 1.74. The highest BCUT2D eigenvalue weighted by Gasteiger charge is 2.54. The van der Waals surface area contributed by atoms with E-state index in [0.717, 1.165) is 22.1 Å². The first-order valence-corrected chi connectivity index (χ1v) is 14.3. The summed E-state index contributed by atoms with van der Waals surface area (Å²) in [6.45, 7) is 4.55. The van der Waals surface area contributed by atoms with E-state index in [2.05, 4.69) is 25.2 Å². The number of hydrogen-bond donors (Lipinski definition) is 0. The average molecular weight is 476 g/mol. The predicted octanol–water partition coefficient (Wildman–Crippen LogP) is 4.63. The molecule has 1 amide bonds. The van der Waals surface area contributed by atoms with Crippen LogP contribution < -0.4 is 14.8 Å². The summed E-state index contributed by atoms with van der Waals surface area (Å²) in [6, 6.07) is 24.3. The number of carbonyl (C=O) groups excluding carboxylic acids is 2. The molecule has 3 aromatic carbocycles. The largest absolute Gasteiger partial charge is 0.497 e. The summed E-state index contributed by atoms with van der Waals surface area (Å²) in [5, 5.41) is 1.15. The van der Waals surface area contributed by atoms with Gasteiger partial charge in [0.1, 0.15) is 18.4 Å². The first kappa shape index (κ1) is 23.6. The molecular weight excluding hydrogens is 446 g/mol. The zero-order valence-electron chi connectivity index (χ0n) is 19.9. The van der Waals surface area contributed by atoms with Crippen LogP contribution in [-0.2, 0) is 20.9 Å². The standard InChI is InChI=1S/C27H29NO5Si/c1-31-20-14-16-21(17-15-20)34(3,4)25-22-12-8-9-13-23(22)28(24(25)26(29)32-2)27(30)33-18-19-10-6-5-7-11-19/h5-17,24-25H,18H2,1-4H3/t24-,25-/m1/s1. The first-order valence-electron chi connectivity index (χ1n) is 11.2. The Labute approximate surface area is 201 Å². The Morgan fingerprint density at radius 1 is 0.882 bits per heavy atom. The van der Waals surface area contributed by atoms with Gasteiger partial charge in [-0.1, -0.05) is 78.9 Å². The lowest BCUT2D eigenvalue weighted by atomic mass is 10.1. The number of rotatable bonds is 6. The lowest BCUT2D eigenvalue weighted by Gasteiger charge is -2.35. The van der Waals surface area contributed by atoms with E-state index in [4.69, 9.17) is 14.2 Å². The highest BCUT2D eigenvalue weighted by molar-refractivity contribution is 6.91. The van der Waals surface area contributed by atoms with E-state index < -0.39 is 26.2 Å². The Bertz CT molecular complexity index is 1160. The summed E-state index contributed by atoms with van der Waals surface area (Å²) in [7, 11) is 0.639. The van der Waals surface area contributed by atoms with E-state index in [-0.39, 0.29) is 12.1 Å². The third-order valence-corrected chi connectivity index (χ3v) is 10.6. The van der Waals surface area contributed by atoms with Crippen molar-refractivity contribution in [1.29, 1.82) is 0 Å². The fraction of sp³-hybridized carbons (Fsp3) is 0.259. The number of methoxy groups -OCH3 is 2. The predicted molar refractivity (Wildman–Crippen MR) is 134 cm³/mol. The van der Waals surface area contributed by atoms with E-state index in [1.54, 1.807) is 7.11 Å². The number of esters is 1. The summed E-state index contributed by atoms with van der Waals surface area (Å²) < 4.78 is 16.2. The van der Waals surface area contributed by atoms with E-state index in [1.165, 1.54) is 12.0 Å². The third-order valence-electron chi connectivity index (χ3n) is 6.58. The molecule has 176 valence electrons. The number of anilines is 1. The molecule has 1 aliphatic heterocycles. The van der Waals surface area contributed by atoms with Crippen LogP contribution in [0.25, 0.3) is 0 Å². The lowest BCUT2D eigenvalue weighted by Crippen LogP contribution is -2.56. The maximum atomic E-state index is 13.4. The van der Waals surface area contributed by atoms with Gasteiger partial charge in [-0.25, -0.2) is 9.59 Å². The smallest absolute Gasteiger partial charge is 0.415 e. The van der Waals surface area contributed by atoms with Crippen molar-refractivity contribution in [3.63, 3.8) is 0 Å². The third kappa shape index (κ3) is 4.31. The minimum Gasteiger partial charge on any atom is -0.497 e. The fourth-order valence-electron chi connectivity index (χ4n) is 4.79. The van der Waals surface area contributed by atoms with Crippen molar-refractivity contribution in [3.05, 3.63) is 90.0 Å². The molecule has 0 bridgehead atoms. The van der Waals surface area contributed by atoms with Crippen molar-refractivity contribution < 1.29 is 23.8 Å². The van der Waals surface area contributed by atoms with Crippen LogP contribution in [0.15, 0.2) is 78.9 Å². The summed E-state index contributed by atoms with van der Waals surface area (Å²) in [5.74, 6) is 0.322. The lowest BCUT2D eigenvalue weighted by molar-refractivity contribution is -0.142. The molecule has 0 aromatic heterocycles. The van der Waals surface area contributed by atoms with E-state index in [0.29, 0.717) is 5.69 Å². The Kier molecular flexibility index (Phi) is 6.74. The van der Waals surface area contributed by atoms with Crippen LogP contribution >= 0.6 is 0 Å². The second kappa shape index (κ2) is 9.73. The highest BCUT2D eigenvalue weighted by atomic mass is 28.3. The van der Waals surface area contributed by atoms with Gasteiger partial charge in [0.05, 0.1) is 28.0 Å². The molecule has 34 heavy (non-hydrogen) atoms. The maximum Gasteiger partial charge on any atom is 0.415 e. The van der Waals surface area contributed by atoms with Crippen molar-refractivity contribution in [2.24, 2.45) is 0 Å². The number of amides is 1. The summed E-state index contributed by atoms with van der Waals surface area (Å²) in [6.07, 6.45) is -0.561. The van der Waals surface area contributed by atoms with Gasteiger partial charge in [-0.05, 0) is 29.3 Å². The van der Waals surface area contributed by atoms with Crippen molar-refractivity contribution in [3.8, 4) is 5.75 Å². The van der Waals surface area contributed by atoms with Gasteiger partial charge in [-0.3, -0.25) is 4.90 Å². The summed E-state index contributed by atoms with van der Waals surface area (Å²) in [4.78, 5) is 28.1. The number of benzene rings is 3. The molecule has 7 heteroatoms. The van der Waals surface area contributed by atoms with Crippen LogP contribution in [0.1, 0.15) is 16.7 Å². The molecule has 0 N–H and O–H groups in total. The Hall–Kier alpha value is -3.58. The van der Waals surface area contributed by atoms with Gasteiger partial charge < -0.3 is 14.2 Å². The minimum absolute atomic E-state index is 0.121. The van der Waals surface area contributed by atoms with Gasteiger partial charge in [0.15, 0.2) is 0 Å². The molecule has 0 unspecified atom stereocenters. The van der Waals surface area contributed by atoms with Gasteiger partial charge >= 0.3 is 12.1 Å². The van der Waals surface area contributed by atoms with Gasteiger partial charge in [-0.2, -0.15) is 0 Å². The molecule has 3 aromatic rings. The number of fused-ring (bicyclic) bond motifs is 1. The number of carbonyl (C=O) groups is 2. The Morgan fingerprint density at radius 2 is 1.53 bits per heavy atom. The second-order valence-corrected chi connectivity index (χ2v) is 13.5. The second-order valence-electron chi connectivity index (χ2n) is 8.86. The van der Waals surface area contributed by atoms with Crippen LogP contribution in [0.3, 0.4) is 0 Å². The van der Waals surface area contributed by atoms with Gasteiger partial charge in [0.25, 0.3) is 0 Å².